The minimum absolute atomic E-state index is 0.0670. The number of hydrogen-bond acceptors (Lipinski definition) is 3. The predicted octanol–water partition coefficient (Wildman–Crippen LogP) is 10.3. The first-order valence-electron chi connectivity index (χ1n) is 17.9. The summed E-state index contributed by atoms with van der Waals surface area (Å²) in [4.78, 5) is 12.2. The highest BCUT2D eigenvalue weighted by molar-refractivity contribution is 5.76. The molecule has 0 bridgehead atoms. The van der Waals surface area contributed by atoms with Crippen molar-refractivity contribution in [3.05, 3.63) is 12.2 Å². The molecule has 40 heavy (non-hydrogen) atoms. The molecule has 0 radical (unpaired) electrons. The summed E-state index contributed by atoms with van der Waals surface area (Å²) in [5.41, 5.74) is 0. The SMILES string of the molecule is CCCCCCCCCCCCCCCCCCC/C=C/C(O)C(CO)NC(=O)CCCCCCCCCCC. The van der Waals surface area contributed by atoms with Crippen molar-refractivity contribution in [2.75, 3.05) is 6.61 Å². The van der Waals surface area contributed by atoms with Crippen LogP contribution in [-0.2, 0) is 4.79 Å². The molecule has 0 saturated carbocycles. The van der Waals surface area contributed by atoms with Crippen LogP contribution >= 0.6 is 0 Å². The minimum atomic E-state index is -0.831. The number of allylic oxidation sites excluding steroid dienone is 1. The zero-order valence-corrected chi connectivity index (χ0v) is 27.1. The molecule has 0 aromatic heterocycles. The molecule has 2 atom stereocenters. The highest BCUT2D eigenvalue weighted by Crippen LogP contribution is 2.15. The molecule has 2 unspecified atom stereocenters. The average molecular weight is 566 g/mol. The van der Waals surface area contributed by atoms with Gasteiger partial charge >= 0.3 is 0 Å². The van der Waals surface area contributed by atoms with Gasteiger partial charge in [-0.05, 0) is 19.3 Å². The van der Waals surface area contributed by atoms with Gasteiger partial charge in [0.25, 0.3) is 0 Å². The Labute approximate surface area is 250 Å². The van der Waals surface area contributed by atoms with Crippen LogP contribution in [-0.4, -0.2) is 34.9 Å². The maximum atomic E-state index is 12.2. The fourth-order valence-corrected chi connectivity index (χ4v) is 5.47. The van der Waals surface area contributed by atoms with Crippen LogP contribution in [0, 0.1) is 0 Å². The van der Waals surface area contributed by atoms with Crippen LogP contribution in [0.4, 0.5) is 0 Å². The lowest BCUT2D eigenvalue weighted by Gasteiger charge is -2.20. The quantitative estimate of drug-likeness (QED) is 0.0561. The van der Waals surface area contributed by atoms with Gasteiger partial charge in [0, 0.05) is 6.42 Å². The van der Waals surface area contributed by atoms with E-state index in [0.717, 1.165) is 25.7 Å². The van der Waals surface area contributed by atoms with Gasteiger partial charge in [0.15, 0.2) is 0 Å². The molecule has 0 saturated heterocycles. The zero-order valence-electron chi connectivity index (χ0n) is 27.1. The van der Waals surface area contributed by atoms with Gasteiger partial charge in [0.2, 0.25) is 5.91 Å². The van der Waals surface area contributed by atoms with Gasteiger partial charge < -0.3 is 15.5 Å². The summed E-state index contributed by atoms with van der Waals surface area (Å²) < 4.78 is 0. The molecule has 0 rings (SSSR count). The van der Waals surface area contributed by atoms with E-state index in [1.54, 1.807) is 6.08 Å². The first-order valence-corrected chi connectivity index (χ1v) is 17.9. The Morgan fingerprint density at radius 1 is 0.575 bits per heavy atom. The molecule has 4 nitrogen and oxygen atoms in total. The molecule has 0 aliphatic heterocycles. The highest BCUT2D eigenvalue weighted by Gasteiger charge is 2.17. The van der Waals surface area contributed by atoms with E-state index in [4.69, 9.17) is 0 Å². The Kier molecular flexibility index (Phi) is 31.9. The molecule has 1 amide bonds. The Hall–Kier alpha value is -0.870. The number of carbonyl (C=O) groups excluding carboxylic acids is 1. The first-order chi connectivity index (χ1) is 19.7. The van der Waals surface area contributed by atoms with Crippen molar-refractivity contribution in [2.24, 2.45) is 0 Å². The van der Waals surface area contributed by atoms with Crippen molar-refractivity contribution in [2.45, 2.75) is 206 Å². The van der Waals surface area contributed by atoms with E-state index in [9.17, 15) is 15.0 Å². The van der Waals surface area contributed by atoms with E-state index in [0.29, 0.717) is 6.42 Å². The molecular formula is C36H71NO3. The third-order valence-corrected chi connectivity index (χ3v) is 8.27. The van der Waals surface area contributed by atoms with Gasteiger partial charge in [-0.1, -0.05) is 180 Å². The molecule has 0 aromatic rings. The van der Waals surface area contributed by atoms with E-state index in [2.05, 4.69) is 19.2 Å². The van der Waals surface area contributed by atoms with Crippen LogP contribution in [0.1, 0.15) is 194 Å². The Morgan fingerprint density at radius 3 is 1.30 bits per heavy atom. The largest absolute Gasteiger partial charge is 0.394 e. The van der Waals surface area contributed by atoms with E-state index in [1.165, 1.54) is 148 Å². The highest BCUT2D eigenvalue weighted by atomic mass is 16.3. The monoisotopic (exact) mass is 566 g/mol. The lowest BCUT2D eigenvalue weighted by atomic mass is 10.0. The Bertz CT molecular complexity index is 536. The molecule has 3 N–H and O–H groups in total. The minimum Gasteiger partial charge on any atom is -0.394 e. The maximum absolute atomic E-state index is 12.2. The van der Waals surface area contributed by atoms with E-state index >= 15 is 0 Å². The van der Waals surface area contributed by atoms with Crippen molar-refractivity contribution in [3.8, 4) is 0 Å². The van der Waals surface area contributed by atoms with Gasteiger partial charge in [-0.15, -0.1) is 0 Å². The second kappa shape index (κ2) is 32.6. The molecule has 0 aromatic carbocycles. The van der Waals surface area contributed by atoms with Crippen LogP contribution in [0.3, 0.4) is 0 Å². The van der Waals surface area contributed by atoms with E-state index in [-0.39, 0.29) is 12.5 Å². The summed E-state index contributed by atoms with van der Waals surface area (Å²) in [6.07, 6.45) is 38.7. The topological polar surface area (TPSA) is 69.6 Å². The maximum Gasteiger partial charge on any atom is 0.220 e. The van der Waals surface area contributed by atoms with Crippen LogP contribution in [0.25, 0.3) is 0 Å². The predicted molar refractivity (Wildman–Crippen MR) is 175 cm³/mol. The Morgan fingerprint density at radius 2 is 0.925 bits per heavy atom. The van der Waals surface area contributed by atoms with Gasteiger partial charge in [-0.3, -0.25) is 4.79 Å². The number of nitrogens with one attached hydrogen (secondary N) is 1. The van der Waals surface area contributed by atoms with Crippen LogP contribution < -0.4 is 5.32 Å². The third kappa shape index (κ3) is 28.7. The standard InChI is InChI=1S/C36H71NO3/c1-3-5-7-9-11-13-14-15-16-17-18-19-20-21-22-24-25-27-29-31-35(39)34(33-38)37-36(40)32-30-28-26-23-12-10-8-6-4-2/h29,31,34-35,38-39H,3-28,30,32-33H2,1-2H3,(H,37,40)/b31-29+. The van der Waals surface area contributed by atoms with Crippen molar-refractivity contribution < 1.29 is 15.0 Å². The molecule has 0 aliphatic rings. The first kappa shape index (κ1) is 39.1. The molecule has 0 heterocycles. The van der Waals surface area contributed by atoms with Crippen molar-refractivity contribution in [1.82, 2.24) is 5.32 Å². The van der Waals surface area contributed by atoms with Crippen molar-refractivity contribution in [3.63, 3.8) is 0 Å². The van der Waals surface area contributed by atoms with Crippen LogP contribution in [0.5, 0.6) is 0 Å². The summed E-state index contributed by atoms with van der Waals surface area (Å²) >= 11 is 0. The fraction of sp³-hybridized carbons (Fsp3) is 0.917. The number of amides is 1. The van der Waals surface area contributed by atoms with Crippen molar-refractivity contribution >= 4 is 5.91 Å². The molecule has 4 heteroatoms. The van der Waals surface area contributed by atoms with E-state index < -0.39 is 12.1 Å². The number of carbonyl (C=O) groups is 1. The second-order valence-electron chi connectivity index (χ2n) is 12.3. The van der Waals surface area contributed by atoms with Gasteiger partial charge in [0.05, 0.1) is 18.8 Å². The number of rotatable bonds is 32. The molecule has 0 fully saturated rings. The summed E-state index contributed by atoms with van der Waals surface area (Å²) in [6.45, 7) is 4.28. The zero-order chi connectivity index (χ0) is 29.4. The number of unbranched alkanes of at least 4 members (excludes halogenated alkanes) is 25. The summed E-state index contributed by atoms with van der Waals surface area (Å²) in [5, 5.41) is 22.8. The number of hydrogen-bond donors (Lipinski definition) is 3. The fourth-order valence-electron chi connectivity index (χ4n) is 5.47. The lowest BCUT2D eigenvalue weighted by Crippen LogP contribution is -2.45. The third-order valence-electron chi connectivity index (χ3n) is 8.27. The van der Waals surface area contributed by atoms with Gasteiger partial charge in [-0.25, -0.2) is 0 Å². The number of aliphatic hydroxyl groups excluding tert-OH is 2. The molecule has 0 spiro atoms. The normalized spacial score (nSPS) is 13.2. The average Bonchev–Trinajstić information content (AvgIpc) is 2.96. The summed E-state index contributed by atoms with van der Waals surface area (Å²) in [7, 11) is 0. The Balaban J connectivity index is 3.56. The van der Waals surface area contributed by atoms with Crippen molar-refractivity contribution in [1.29, 1.82) is 0 Å². The van der Waals surface area contributed by atoms with Crippen LogP contribution in [0.2, 0.25) is 0 Å². The van der Waals surface area contributed by atoms with Crippen LogP contribution in [0.15, 0.2) is 12.2 Å². The molecule has 0 aliphatic carbocycles. The number of aliphatic hydroxyl groups is 2. The smallest absolute Gasteiger partial charge is 0.220 e. The van der Waals surface area contributed by atoms with Gasteiger partial charge in [-0.2, -0.15) is 0 Å². The molecular weight excluding hydrogens is 494 g/mol. The molecule has 238 valence electrons. The summed E-state index contributed by atoms with van der Waals surface area (Å²) in [6, 6.07) is -0.613. The van der Waals surface area contributed by atoms with E-state index in [1.807, 2.05) is 6.08 Å². The lowest BCUT2D eigenvalue weighted by molar-refractivity contribution is -0.123. The van der Waals surface area contributed by atoms with Gasteiger partial charge in [0.1, 0.15) is 0 Å². The summed E-state index contributed by atoms with van der Waals surface area (Å²) in [5.74, 6) is -0.0670. The second-order valence-corrected chi connectivity index (χ2v) is 12.3.